The van der Waals surface area contributed by atoms with Gasteiger partial charge in [0, 0.05) is 19.2 Å². The SMILES string of the molecule is COc1ccc2c(c1)nc(CCl)n2N1CCCCC1. The summed E-state index contributed by atoms with van der Waals surface area (Å²) in [5, 5.41) is 2.35. The molecule has 0 aliphatic carbocycles. The van der Waals surface area contributed by atoms with E-state index in [9.17, 15) is 0 Å². The number of fused-ring (bicyclic) bond motifs is 1. The van der Waals surface area contributed by atoms with Crippen molar-refractivity contribution in [2.24, 2.45) is 0 Å². The van der Waals surface area contributed by atoms with E-state index in [4.69, 9.17) is 16.3 Å². The average Bonchev–Trinajstić information content (AvgIpc) is 2.85. The first-order valence-corrected chi connectivity index (χ1v) is 7.23. The van der Waals surface area contributed by atoms with Crippen LogP contribution in [-0.2, 0) is 5.88 Å². The van der Waals surface area contributed by atoms with E-state index >= 15 is 0 Å². The van der Waals surface area contributed by atoms with E-state index in [0.717, 1.165) is 35.7 Å². The van der Waals surface area contributed by atoms with E-state index < -0.39 is 0 Å². The van der Waals surface area contributed by atoms with Crippen LogP contribution in [0.5, 0.6) is 5.75 Å². The molecular weight excluding hydrogens is 262 g/mol. The summed E-state index contributed by atoms with van der Waals surface area (Å²) in [5.74, 6) is 2.16. The van der Waals surface area contributed by atoms with Gasteiger partial charge in [-0.05, 0) is 31.4 Å². The molecule has 0 saturated carbocycles. The van der Waals surface area contributed by atoms with Gasteiger partial charge in [0.1, 0.15) is 11.6 Å². The molecule has 0 bridgehead atoms. The Morgan fingerprint density at radius 2 is 2.05 bits per heavy atom. The second kappa shape index (κ2) is 5.29. The van der Waals surface area contributed by atoms with Crippen LogP contribution in [0.3, 0.4) is 0 Å². The summed E-state index contributed by atoms with van der Waals surface area (Å²) in [6.45, 7) is 2.14. The van der Waals surface area contributed by atoms with Crippen molar-refractivity contribution in [3.63, 3.8) is 0 Å². The Balaban J connectivity index is 2.09. The van der Waals surface area contributed by atoms with Gasteiger partial charge >= 0.3 is 0 Å². The Hall–Kier alpha value is -1.42. The van der Waals surface area contributed by atoms with Crippen molar-refractivity contribution in [3.05, 3.63) is 24.0 Å². The average molecular weight is 280 g/mol. The molecule has 1 aromatic heterocycles. The fourth-order valence-corrected chi connectivity index (χ4v) is 2.88. The highest BCUT2D eigenvalue weighted by Crippen LogP contribution is 2.24. The topological polar surface area (TPSA) is 30.3 Å². The summed E-state index contributed by atoms with van der Waals surface area (Å²) in [4.78, 5) is 4.62. The number of benzene rings is 1. The number of hydrogen-bond donors (Lipinski definition) is 0. The molecule has 2 aromatic rings. The van der Waals surface area contributed by atoms with Gasteiger partial charge in [-0.15, -0.1) is 11.6 Å². The Bertz CT molecular complexity index is 575. The molecule has 1 aromatic carbocycles. The molecule has 0 unspecified atom stereocenters. The van der Waals surface area contributed by atoms with Gasteiger partial charge < -0.3 is 9.75 Å². The predicted octanol–water partition coefficient (Wildman–Crippen LogP) is 2.91. The molecule has 102 valence electrons. The van der Waals surface area contributed by atoms with Gasteiger partial charge in [0.2, 0.25) is 0 Å². The van der Waals surface area contributed by atoms with Crippen molar-refractivity contribution in [2.45, 2.75) is 25.1 Å². The minimum absolute atomic E-state index is 0.424. The van der Waals surface area contributed by atoms with Crippen molar-refractivity contribution in [2.75, 3.05) is 25.2 Å². The van der Waals surface area contributed by atoms with Crippen molar-refractivity contribution < 1.29 is 4.74 Å². The molecule has 0 radical (unpaired) electrons. The number of aromatic nitrogens is 2. The summed E-state index contributed by atoms with van der Waals surface area (Å²) in [6.07, 6.45) is 3.78. The molecule has 0 N–H and O–H groups in total. The summed E-state index contributed by atoms with van der Waals surface area (Å²) in [6, 6.07) is 6.00. The zero-order chi connectivity index (χ0) is 13.2. The molecule has 1 fully saturated rings. The number of alkyl halides is 1. The number of rotatable bonds is 3. The summed E-state index contributed by atoms with van der Waals surface area (Å²) in [5.41, 5.74) is 2.05. The highest BCUT2D eigenvalue weighted by atomic mass is 35.5. The van der Waals surface area contributed by atoms with E-state index in [1.165, 1.54) is 19.3 Å². The van der Waals surface area contributed by atoms with Gasteiger partial charge in [-0.25, -0.2) is 9.66 Å². The number of ether oxygens (including phenoxy) is 1. The minimum Gasteiger partial charge on any atom is -0.497 e. The van der Waals surface area contributed by atoms with E-state index in [0.29, 0.717) is 5.88 Å². The van der Waals surface area contributed by atoms with E-state index in [1.54, 1.807) is 7.11 Å². The largest absolute Gasteiger partial charge is 0.497 e. The molecule has 2 heterocycles. The van der Waals surface area contributed by atoms with Crippen LogP contribution in [0.4, 0.5) is 0 Å². The van der Waals surface area contributed by atoms with Crippen LogP contribution in [0, 0.1) is 0 Å². The number of nitrogens with zero attached hydrogens (tertiary/aromatic N) is 3. The van der Waals surface area contributed by atoms with Crippen molar-refractivity contribution in [1.82, 2.24) is 9.66 Å². The zero-order valence-electron chi connectivity index (χ0n) is 11.1. The Morgan fingerprint density at radius 3 is 2.74 bits per heavy atom. The van der Waals surface area contributed by atoms with Gasteiger partial charge in [0.15, 0.2) is 0 Å². The third-order valence-electron chi connectivity index (χ3n) is 3.64. The second-order valence-electron chi connectivity index (χ2n) is 4.84. The van der Waals surface area contributed by atoms with Gasteiger partial charge in [-0.3, -0.25) is 0 Å². The third kappa shape index (κ3) is 2.25. The molecule has 1 saturated heterocycles. The Labute approximate surface area is 117 Å². The number of imidazole rings is 1. The molecule has 0 atom stereocenters. The first-order chi connectivity index (χ1) is 9.33. The molecule has 3 rings (SSSR count). The van der Waals surface area contributed by atoms with Crippen LogP contribution < -0.4 is 9.75 Å². The van der Waals surface area contributed by atoms with Gasteiger partial charge in [0.25, 0.3) is 0 Å². The number of piperidine rings is 1. The van der Waals surface area contributed by atoms with Gasteiger partial charge in [-0.2, -0.15) is 0 Å². The number of methoxy groups -OCH3 is 1. The van der Waals surface area contributed by atoms with E-state index in [2.05, 4.69) is 20.7 Å². The van der Waals surface area contributed by atoms with Crippen LogP contribution in [-0.4, -0.2) is 29.9 Å². The van der Waals surface area contributed by atoms with Crippen LogP contribution >= 0.6 is 11.6 Å². The number of halogens is 1. The lowest BCUT2D eigenvalue weighted by atomic mass is 10.2. The van der Waals surface area contributed by atoms with Crippen LogP contribution in [0.2, 0.25) is 0 Å². The minimum atomic E-state index is 0.424. The van der Waals surface area contributed by atoms with Gasteiger partial charge in [0.05, 0.1) is 24.0 Å². The monoisotopic (exact) mass is 279 g/mol. The maximum atomic E-state index is 6.06. The van der Waals surface area contributed by atoms with Crippen LogP contribution in [0.1, 0.15) is 25.1 Å². The fraction of sp³-hybridized carbons (Fsp3) is 0.500. The molecule has 4 nitrogen and oxygen atoms in total. The highest BCUT2D eigenvalue weighted by Gasteiger charge is 2.18. The maximum absolute atomic E-state index is 6.06. The maximum Gasteiger partial charge on any atom is 0.143 e. The standard InChI is InChI=1S/C14H18ClN3O/c1-19-11-5-6-13-12(9-11)16-14(10-15)18(13)17-7-3-2-4-8-17/h5-6,9H,2-4,7-8,10H2,1H3. The van der Waals surface area contributed by atoms with Crippen LogP contribution in [0.25, 0.3) is 11.0 Å². The molecule has 0 spiro atoms. The smallest absolute Gasteiger partial charge is 0.143 e. The highest BCUT2D eigenvalue weighted by molar-refractivity contribution is 6.16. The van der Waals surface area contributed by atoms with Crippen molar-refractivity contribution in [1.29, 1.82) is 0 Å². The van der Waals surface area contributed by atoms with Gasteiger partial charge in [-0.1, -0.05) is 0 Å². The normalized spacial score (nSPS) is 16.0. The molecule has 1 aliphatic heterocycles. The molecule has 1 aliphatic rings. The fourth-order valence-electron chi connectivity index (χ4n) is 2.70. The lowest BCUT2D eigenvalue weighted by Gasteiger charge is -2.31. The van der Waals surface area contributed by atoms with E-state index in [1.807, 2.05) is 12.1 Å². The molecule has 0 amide bonds. The Kier molecular flexibility index (Phi) is 3.51. The third-order valence-corrected chi connectivity index (χ3v) is 3.88. The quantitative estimate of drug-likeness (QED) is 0.810. The first kappa shape index (κ1) is 12.6. The predicted molar refractivity (Wildman–Crippen MR) is 77.6 cm³/mol. The molecule has 5 heteroatoms. The summed E-state index contributed by atoms with van der Waals surface area (Å²) < 4.78 is 7.44. The Morgan fingerprint density at radius 1 is 1.26 bits per heavy atom. The first-order valence-electron chi connectivity index (χ1n) is 6.70. The van der Waals surface area contributed by atoms with Crippen LogP contribution in [0.15, 0.2) is 18.2 Å². The van der Waals surface area contributed by atoms with Crippen molar-refractivity contribution in [3.8, 4) is 5.75 Å². The van der Waals surface area contributed by atoms with Crippen molar-refractivity contribution >= 4 is 22.6 Å². The zero-order valence-corrected chi connectivity index (χ0v) is 11.9. The second-order valence-corrected chi connectivity index (χ2v) is 5.11. The lowest BCUT2D eigenvalue weighted by molar-refractivity contribution is 0.415. The number of hydrogen-bond acceptors (Lipinski definition) is 3. The molecule has 19 heavy (non-hydrogen) atoms. The summed E-state index contributed by atoms with van der Waals surface area (Å²) >= 11 is 6.06. The summed E-state index contributed by atoms with van der Waals surface area (Å²) in [7, 11) is 1.67. The van der Waals surface area contributed by atoms with E-state index in [-0.39, 0.29) is 0 Å². The molecular formula is C14H18ClN3O. The lowest BCUT2D eigenvalue weighted by Crippen LogP contribution is -2.39.